The Morgan fingerprint density at radius 3 is 2.62 bits per heavy atom. The topological polar surface area (TPSA) is 97.2 Å². The van der Waals surface area contributed by atoms with Crippen LogP contribution in [0.2, 0.25) is 0 Å². The molecule has 0 fully saturated rings. The van der Waals surface area contributed by atoms with Gasteiger partial charge in [0.25, 0.3) is 11.6 Å². The zero-order chi connectivity index (χ0) is 15.2. The number of pyridine rings is 1. The van der Waals surface area contributed by atoms with E-state index in [4.69, 9.17) is 0 Å². The van der Waals surface area contributed by atoms with Gasteiger partial charge in [-0.25, -0.2) is 0 Å². The molecule has 0 saturated heterocycles. The van der Waals surface area contributed by atoms with Crippen molar-refractivity contribution in [2.75, 3.05) is 12.4 Å². The molecule has 7 heteroatoms. The Hall–Kier alpha value is -2.96. The number of hydrogen-bond donors (Lipinski definition) is 2. The van der Waals surface area contributed by atoms with Gasteiger partial charge in [0, 0.05) is 37.6 Å². The van der Waals surface area contributed by atoms with E-state index < -0.39 is 4.92 Å². The third kappa shape index (κ3) is 3.53. The first-order valence-corrected chi connectivity index (χ1v) is 6.25. The Labute approximate surface area is 121 Å². The van der Waals surface area contributed by atoms with Crippen LogP contribution in [-0.4, -0.2) is 22.9 Å². The largest absolute Gasteiger partial charge is 0.375 e. The van der Waals surface area contributed by atoms with Gasteiger partial charge in [0.05, 0.1) is 4.92 Å². The third-order valence-corrected chi connectivity index (χ3v) is 2.91. The summed E-state index contributed by atoms with van der Waals surface area (Å²) in [7, 11) is 1.51. The maximum absolute atomic E-state index is 11.6. The molecular formula is C14H14N4O3. The highest BCUT2D eigenvalue weighted by atomic mass is 16.6. The first kappa shape index (κ1) is 14.4. The van der Waals surface area contributed by atoms with Crippen molar-refractivity contribution in [1.82, 2.24) is 10.3 Å². The number of nitrogens with zero attached hydrogens (tertiary/aromatic N) is 2. The summed E-state index contributed by atoms with van der Waals surface area (Å²) in [4.78, 5) is 26.1. The van der Waals surface area contributed by atoms with E-state index in [9.17, 15) is 14.9 Å². The van der Waals surface area contributed by atoms with Crippen molar-refractivity contribution in [3.8, 4) is 0 Å². The van der Waals surface area contributed by atoms with Crippen LogP contribution in [0.1, 0.15) is 15.9 Å². The third-order valence-electron chi connectivity index (χ3n) is 2.91. The van der Waals surface area contributed by atoms with Gasteiger partial charge in [0.2, 0.25) is 0 Å². The molecule has 2 rings (SSSR count). The minimum Gasteiger partial charge on any atom is -0.375 e. The molecule has 0 atom stereocenters. The predicted molar refractivity (Wildman–Crippen MR) is 78.1 cm³/mol. The lowest BCUT2D eigenvalue weighted by Crippen LogP contribution is -2.18. The minimum atomic E-state index is -0.484. The standard InChI is InChI=1S/C14H14N4O3/c1-15-14(19)11-2-3-13(18(20)21)12(8-11)17-9-10-4-6-16-7-5-10/h2-8,17H,9H2,1H3,(H,15,19). The van der Waals surface area contributed by atoms with Gasteiger partial charge in [-0.3, -0.25) is 19.9 Å². The van der Waals surface area contributed by atoms with Crippen molar-refractivity contribution >= 4 is 17.3 Å². The van der Waals surface area contributed by atoms with Crippen LogP contribution in [0.5, 0.6) is 0 Å². The molecule has 108 valence electrons. The van der Waals surface area contributed by atoms with Gasteiger partial charge in [-0.2, -0.15) is 0 Å². The molecule has 0 spiro atoms. The lowest BCUT2D eigenvalue weighted by molar-refractivity contribution is -0.384. The first-order valence-electron chi connectivity index (χ1n) is 6.25. The number of nitrogens with one attached hydrogen (secondary N) is 2. The molecule has 0 aliphatic carbocycles. The monoisotopic (exact) mass is 286 g/mol. The number of amides is 1. The van der Waals surface area contributed by atoms with Crippen LogP contribution in [0.3, 0.4) is 0 Å². The Balaban J connectivity index is 2.26. The quantitative estimate of drug-likeness (QED) is 0.647. The molecule has 1 aromatic heterocycles. The van der Waals surface area contributed by atoms with E-state index in [1.807, 2.05) is 0 Å². The Morgan fingerprint density at radius 1 is 1.29 bits per heavy atom. The summed E-state index contributed by atoms with van der Waals surface area (Å²) in [6, 6.07) is 7.83. The summed E-state index contributed by atoms with van der Waals surface area (Å²) >= 11 is 0. The molecule has 0 radical (unpaired) electrons. The molecule has 21 heavy (non-hydrogen) atoms. The minimum absolute atomic E-state index is 0.0725. The maximum Gasteiger partial charge on any atom is 0.292 e. The highest BCUT2D eigenvalue weighted by Gasteiger charge is 2.16. The second-order valence-electron chi connectivity index (χ2n) is 4.28. The van der Waals surface area contributed by atoms with Crippen LogP contribution in [0.25, 0.3) is 0 Å². The summed E-state index contributed by atoms with van der Waals surface area (Å²) in [5.74, 6) is -0.295. The molecule has 0 aliphatic heterocycles. The van der Waals surface area contributed by atoms with E-state index >= 15 is 0 Å². The van der Waals surface area contributed by atoms with Crippen LogP contribution >= 0.6 is 0 Å². The average molecular weight is 286 g/mol. The number of hydrogen-bond acceptors (Lipinski definition) is 5. The molecule has 1 aromatic carbocycles. The molecule has 2 aromatic rings. The summed E-state index contributed by atoms with van der Waals surface area (Å²) in [5, 5.41) is 16.5. The smallest absolute Gasteiger partial charge is 0.292 e. The van der Waals surface area contributed by atoms with Gasteiger partial charge in [-0.15, -0.1) is 0 Å². The average Bonchev–Trinajstić information content (AvgIpc) is 2.52. The summed E-state index contributed by atoms with van der Waals surface area (Å²) in [5.41, 5.74) is 1.53. The zero-order valence-corrected chi connectivity index (χ0v) is 11.4. The van der Waals surface area contributed by atoms with E-state index in [-0.39, 0.29) is 11.6 Å². The fraction of sp³-hybridized carbons (Fsp3) is 0.143. The Morgan fingerprint density at radius 2 is 2.00 bits per heavy atom. The van der Waals surface area contributed by atoms with Gasteiger partial charge in [-0.05, 0) is 29.8 Å². The van der Waals surface area contributed by atoms with E-state index in [0.29, 0.717) is 17.8 Å². The molecule has 0 aliphatic rings. The van der Waals surface area contributed by atoms with E-state index in [1.54, 1.807) is 24.5 Å². The fourth-order valence-corrected chi connectivity index (χ4v) is 1.82. The van der Waals surface area contributed by atoms with Gasteiger partial charge >= 0.3 is 0 Å². The molecule has 0 bridgehead atoms. The molecule has 2 N–H and O–H groups in total. The van der Waals surface area contributed by atoms with Crippen molar-refractivity contribution in [3.05, 3.63) is 64.0 Å². The van der Waals surface area contributed by atoms with Crippen LogP contribution < -0.4 is 10.6 Å². The highest BCUT2D eigenvalue weighted by molar-refractivity contribution is 5.95. The number of carbonyl (C=O) groups excluding carboxylic acids is 1. The first-order chi connectivity index (χ1) is 10.1. The number of benzene rings is 1. The normalized spacial score (nSPS) is 9.95. The van der Waals surface area contributed by atoms with Gasteiger partial charge in [-0.1, -0.05) is 0 Å². The predicted octanol–water partition coefficient (Wildman–Crippen LogP) is 1.96. The molecule has 7 nitrogen and oxygen atoms in total. The second kappa shape index (κ2) is 6.47. The number of aromatic nitrogens is 1. The van der Waals surface area contributed by atoms with Gasteiger partial charge in [0.15, 0.2) is 0 Å². The molecular weight excluding hydrogens is 272 g/mol. The van der Waals surface area contributed by atoms with Crippen LogP contribution in [0, 0.1) is 10.1 Å². The summed E-state index contributed by atoms with van der Waals surface area (Å²) in [6.07, 6.45) is 3.29. The van der Waals surface area contributed by atoms with E-state index in [2.05, 4.69) is 15.6 Å². The lowest BCUT2D eigenvalue weighted by Gasteiger charge is -2.09. The summed E-state index contributed by atoms with van der Waals surface area (Å²) in [6.45, 7) is 0.403. The fourth-order valence-electron chi connectivity index (χ4n) is 1.82. The Kier molecular flexibility index (Phi) is 4.45. The number of nitro groups is 1. The van der Waals surface area contributed by atoms with Crippen molar-refractivity contribution in [3.63, 3.8) is 0 Å². The van der Waals surface area contributed by atoms with E-state index in [0.717, 1.165) is 5.56 Å². The van der Waals surface area contributed by atoms with Crippen molar-refractivity contribution < 1.29 is 9.72 Å². The number of anilines is 1. The van der Waals surface area contributed by atoms with E-state index in [1.165, 1.54) is 25.2 Å². The van der Waals surface area contributed by atoms with Crippen LogP contribution in [-0.2, 0) is 6.54 Å². The lowest BCUT2D eigenvalue weighted by atomic mass is 10.1. The summed E-state index contributed by atoms with van der Waals surface area (Å²) < 4.78 is 0. The zero-order valence-electron chi connectivity index (χ0n) is 11.4. The molecule has 0 saturated carbocycles. The number of nitro benzene ring substituents is 1. The van der Waals surface area contributed by atoms with Crippen LogP contribution in [0.15, 0.2) is 42.7 Å². The van der Waals surface area contributed by atoms with Crippen molar-refractivity contribution in [2.24, 2.45) is 0 Å². The number of carbonyl (C=O) groups is 1. The second-order valence-corrected chi connectivity index (χ2v) is 4.28. The maximum atomic E-state index is 11.6. The molecule has 1 amide bonds. The molecule has 1 heterocycles. The SMILES string of the molecule is CNC(=O)c1ccc([N+](=O)[O-])c(NCc2ccncc2)c1. The molecule has 0 unspecified atom stereocenters. The van der Waals surface area contributed by atoms with Crippen molar-refractivity contribution in [1.29, 1.82) is 0 Å². The van der Waals surface area contributed by atoms with Gasteiger partial charge < -0.3 is 10.6 Å². The Bertz CT molecular complexity index is 659. The highest BCUT2D eigenvalue weighted by Crippen LogP contribution is 2.26. The van der Waals surface area contributed by atoms with Gasteiger partial charge in [0.1, 0.15) is 5.69 Å². The van der Waals surface area contributed by atoms with Crippen molar-refractivity contribution in [2.45, 2.75) is 6.54 Å². The number of rotatable bonds is 5. The van der Waals surface area contributed by atoms with Crippen LogP contribution in [0.4, 0.5) is 11.4 Å².